The standard InChI is InChI=1S/C12H24N2O2/c1-3-13-11(12(15)16-4-2)7-10-14-8-5-6-9-14/h11,13H,3-10H2,1-2H3. The van der Waals surface area contributed by atoms with E-state index in [4.69, 9.17) is 4.74 Å². The fourth-order valence-corrected chi connectivity index (χ4v) is 2.11. The van der Waals surface area contributed by atoms with Crippen molar-refractivity contribution in [1.82, 2.24) is 10.2 Å². The van der Waals surface area contributed by atoms with Crippen LogP contribution in [0, 0.1) is 0 Å². The number of rotatable bonds is 7. The van der Waals surface area contributed by atoms with E-state index in [9.17, 15) is 4.79 Å². The van der Waals surface area contributed by atoms with Crippen LogP contribution in [0.1, 0.15) is 33.1 Å². The van der Waals surface area contributed by atoms with Gasteiger partial charge in [0.05, 0.1) is 6.61 Å². The van der Waals surface area contributed by atoms with Gasteiger partial charge in [-0.25, -0.2) is 0 Å². The molecule has 1 saturated heterocycles. The van der Waals surface area contributed by atoms with Gasteiger partial charge in [0.2, 0.25) is 0 Å². The zero-order chi connectivity index (χ0) is 11.8. The average molecular weight is 228 g/mol. The monoisotopic (exact) mass is 228 g/mol. The Kier molecular flexibility index (Phi) is 6.42. The minimum absolute atomic E-state index is 0.108. The smallest absolute Gasteiger partial charge is 0.323 e. The summed E-state index contributed by atoms with van der Waals surface area (Å²) in [7, 11) is 0. The zero-order valence-electron chi connectivity index (χ0n) is 10.5. The van der Waals surface area contributed by atoms with E-state index in [1.54, 1.807) is 0 Å². The van der Waals surface area contributed by atoms with Crippen LogP contribution in [0.15, 0.2) is 0 Å². The van der Waals surface area contributed by atoms with Gasteiger partial charge in [0.1, 0.15) is 6.04 Å². The molecule has 0 bridgehead atoms. The second-order valence-corrected chi connectivity index (χ2v) is 4.20. The van der Waals surface area contributed by atoms with Gasteiger partial charge >= 0.3 is 5.97 Å². The summed E-state index contributed by atoms with van der Waals surface area (Å²) in [4.78, 5) is 14.1. The van der Waals surface area contributed by atoms with E-state index < -0.39 is 0 Å². The number of hydrogen-bond donors (Lipinski definition) is 1. The van der Waals surface area contributed by atoms with E-state index >= 15 is 0 Å². The largest absolute Gasteiger partial charge is 0.465 e. The number of nitrogens with one attached hydrogen (secondary N) is 1. The summed E-state index contributed by atoms with van der Waals surface area (Å²) in [5, 5.41) is 3.19. The Labute approximate surface area is 98.3 Å². The molecule has 1 aliphatic heterocycles. The first-order valence-electron chi connectivity index (χ1n) is 6.40. The fourth-order valence-electron chi connectivity index (χ4n) is 2.11. The van der Waals surface area contributed by atoms with Crippen molar-refractivity contribution in [1.29, 1.82) is 0 Å². The molecule has 94 valence electrons. The van der Waals surface area contributed by atoms with Crippen molar-refractivity contribution in [3.8, 4) is 0 Å². The van der Waals surface area contributed by atoms with Gasteiger partial charge in [-0.15, -0.1) is 0 Å². The van der Waals surface area contributed by atoms with Gasteiger partial charge in [0.25, 0.3) is 0 Å². The van der Waals surface area contributed by atoms with Crippen LogP contribution in [0.5, 0.6) is 0 Å². The van der Waals surface area contributed by atoms with E-state index in [-0.39, 0.29) is 12.0 Å². The van der Waals surface area contributed by atoms with E-state index in [0.717, 1.165) is 19.5 Å². The maximum atomic E-state index is 11.6. The molecule has 0 amide bonds. The van der Waals surface area contributed by atoms with Crippen LogP contribution in [-0.4, -0.2) is 49.7 Å². The van der Waals surface area contributed by atoms with Crippen LogP contribution in [0.25, 0.3) is 0 Å². The summed E-state index contributed by atoms with van der Waals surface area (Å²) < 4.78 is 5.05. The predicted molar refractivity (Wildman–Crippen MR) is 64.4 cm³/mol. The Bertz CT molecular complexity index is 203. The highest BCUT2D eigenvalue weighted by Crippen LogP contribution is 2.09. The maximum Gasteiger partial charge on any atom is 0.323 e. The van der Waals surface area contributed by atoms with Crippen LogP contribution in [0.3, 0.4) is 0 Å². The molecule has 1 heterocycles. The maximum absolute atomic E-state index is 11.6. The van der Waals surface area contributed by atoms with Crippen LogP contribution in [-0.2, 0) is 9.53 Å². The summed E-state index contributed by atoms with van der Waals surface area (Å²) >= 11 is 0. The minimum Gasteiger partial charge on any atom is -0.465 e. The molecule has 0 spiro atoms. The number of carbonyl (C=O) groups excluding carboxylic acids is 1. The molecular formula is C12H24N2O2. The van der Waals surface area contributed by atoms with Gasteiger partial charge in [-0.1, -0.05) is 6.92 Å². The molecule has 0 aromatic rings. The fraction of sp³-hybridized carbons (Fsp3) is 0.917. The van der Waals surface area contributed by atoms with E-state index in [1.807, 2.05) is 13.8 Å². The molecule has 1 unspecified atom stereocenters. The second kappa shape index (κ2) is 7.63. The SMILES string of the molecule is CCNC(CCN1CCCC1)C(=O)OCC. The lowest BCUT2D eigenvalue weighted by Gasteiger charge is -2.20. The van der Waals surface area contributed by atoms with Gasteiger partial charge in [-0.3, -0.25) is 4.79 Å². The number of nitrogens with zero attached hydrogens (tertiary/aromatic N) is 1. The third kappa shape index (κ3) is 4.49. The van der Waals surface area contributed by atoms with Crippen LogP contribution < -0.4 is 5.32 Å². The minimum atomic E-state index is -0.134. The molecule has 1 rings (SSSR count). The Balaban J connectivity index is 2.28. The van der Waals surface area contributed by atoms with E-state index in [2.05, 4.69) is 10.2 Å². The Hall–Kier alpha value is -0.610. The zero-order valence-corrected chi connectivity index (χ0v) is 10.5. The van der Waals surface area contributed by atoms with Crippen molar-refractivity contribution in [2.75, 3.05) is 32.8 Å². The third-order valence-electron chi connectivity index (χ3n) is 2.95. The van der Waals surface area contributed by atoms with Gasteiger partial charge < -0.3 is 15.0 Å². The summed E-state index contributed by atoms with van der Waals surface area (Å²) in [6.45, 7) is 8.50. The van der Waals surface area contributed by atoms with Crippen molar-refractivity contribution in [3.63, 3.8) is 0 Å². The molecular weight excluding hydrogens is 204 g/mol. The van der Waals surface area contributed by atoms with Crippen LogP contribution in [0.4, 0.5) is 0 Å². The molecule has 0 aliphatic carbocycles. The second-order valence-electron chi connectivity index (χ2n) is 4.20. The highest BCUT2D eigenvalue weighted by atomic mass is 16.5. The lowest BCUT2D eigenvalue weighted by molar-refractivity contribution is -0.145. The summed E-state index contributed by atoms with van der Waals surface area (Å²) in [6.07, 6.45) is 3.45. The predicted octanol–water partition coefficient (Wildman–Crippen LogP) is 1.01. The van der Waals surface area contributed by atoms with E-state index in [1.165, 1.54) is 25.9 Å². The summed E-state index contributed by atoms with van der Waals surface area (Å²) in [6, 6.07) is -0.134. The quantitative estimate of drug-likeness (QED) is 0.660. The molecule has 4 heteroatoms. The van der Waals surface area contributed by atoms with Gasteiger partial charge in [-0.2, -0.15) is 0 Å². The normalized spacial score (nSPS) is 18.6. The lowest BCUT2D eigenvalue weighted by Crippen LogP contribution is -2.40. The van der Waals surface area contributed by atoms with Crippen molar-refractivity contribution in [2.24, 2.45) is 0 Å². The molecule has 1 atom stereocenters. The van der Waals surface area contributed by atoms with Crippen LogP contribution in [0.2, 0.25) is 0 Å². The first-order valence-corrected chi connectivity index (χ1v) is 6.40. The number of hydrogen-bond acceptors (Lipinski definition) is 4. The lowest BCUT2D eigenvalue weighted by atomic mass is 10.2. The molecule has 1 aliphatic rings. The molecule has 0 aromatic carbocycles. The van der Waals surface area contributed by atoms with Gasteiger partial charge in [0.15, 0.2) is 0 Å². The molecule has 0 radical (unpaired) electrons. The first-order chi connectivity index (χ1) is 7.77. The number of likely N-dealkylation sites (tertiary alicyclic amines) is 1. The number of likely N-dealkylation sites (N-methyl/N-ethyl adjacent to an activating group) is 1. The molecule has 1 N–H and O–H groups in total. The van der Waals surface area contributed by atoms with Crippen molar-refractivity contribution in [2.45, 2.75) is 39.2 Å². The number of ether oxygens (including phenoxy) is 1. The topological polar surface area (TPSA) is 41.6 Å². The van der Waals surface area contributed by atoms with Crippen molar-refractivity contribution < 1.29 is 9.53 Å². The van der Waals surface area contributed by atoms with Gasteiger partial charge in [0, 0.05) is 6.54 Å². The van der Waals surface area contributed by atoms with Gasteiger partial charge in [-0.05, 0) is 45.8 Å². The number of esters is 1. The Morgan fingerprint density at radius 1 is 1.38 bits per heavy atom. The van der Waals surface area contributed by atoms with Crippen molar-refractivity contribution >= 4 is 5.97 Å². The highest BCUT2D eigenvalue weighted by molar-refractivity contribution is 5.75. The third-order valence-corrected chi connectivity index (χ3v) is 2.95. The molecule has 0 aromatic heterocycles. The summed E-state index contributed by atoms with van der Waals surface area (Å²) in [5.74, 6) is -0.108. The Morgan fingerprint density at radius 2 is 2.06 bits per heavy atom. The first kappa shape index (κ1) is 13.5. The molecule has 4 nitrogen and oxygen atoms in total. The molecule has 1 fully saturated rings. The van der Waals surface area contributed by atoms with E-state index in [0.29, 0.717) is 6.61 Å². The highest BCUT2D eigenvalue weighted by Gasteiger charge is 2.20. The molecule has 16 heavy (non-hydrogen) atoms. The van der Waals surface area contributed by atoms with Crippen LogP contribution >= 0.6 is 0 Å². The van der Waals surface area contributed by atoms with Crippen molar-refractivity contribution in [3.05, 3.63) is 0 Å². The Morgan fingerprint density at radius 3 is 2.62 bits per heavy atom. The average Bonchev–Trinajstić information content (AvgIpc) is 2.77. The molecule has 0 saturated carbocycles. The summed E-state index contributed by atoms with van der Waals surface area (Å²) in [5.41, 5.74) is 0. The number of carbonyl (C=O) groups is 1.